The van der Waals surface area contributed by atoms with Gasteiger partial charge in [0.05, 0.1) is 0 Å². The predicted molar refractivity (Wildman–Crippen MR) is 34.9 cm³/mol. The molecule has 0 bridgehead atoms. The van der Waals surface area contributed by atoms with E-state index < -0.39 is 12.3 Å². The molecule has 1 aliphatic heterocycles. The van der Waals surface area contributed by atoms with Gasteiger partial charge >= 0.3 is 6.98 Å². The largest absolute Gasteiger partial charge is 0.485 e. The summed E-state index contributed by atoms with van der Waals surface area (Å²) in [5, 5.41) is 1.30. The number of hydrogen-bond acceptors (Lipinski definition) is 1. The van der Waals surface area contributed by atoms with Crippen molar-refractivity contribution in [3.05, 3.63) is 0 Å². The third-order valence-corrected chi connectivity index (χ3v) is 2.19. The third kappa shape index (κ3) is 1.14. The van der Waals surface area contributed by atoms with E-state index in [-0.39, 0.29) is 13.0 Å². The molecule has 0 aromatic heterocycles. The summed E-state index contributed by atoms with van der Waals surface area (Å²) in [7, 11) is 0. The summed E-state index contributed by atoms with van der Waals surface area (Å²) in [4.78, 5) is 0. The average Bonchev–Trinajstić information content (AvgIpc) is 2.13. The van der Waals surface area contributed by atoms with Gasteiger partial charge in [-0.05, 0) is 13.1 Å². The Hall–Kier alpha value is -0.185. The van der Waals surface area contributed by atoms with E-state index in [2.05, 4.69) is 5.32 Å². The van der Waals surface area contributed by atoms with E-state index >= 15 is 0 Å². The van der Waals surface area contributed by atoms with Crippen LogP contribution in [0.2, 0.25) is 5.31 Å². The Balaban J connectivity index is 2.67. The van der Waals surface area contributed by atoms with Crippen LogP contribution in [0.1, 0.15) is 13.3 Å². The van der Waals surface area contributed by atoms with Gasteiger partial charge in [-0.2, -0.15) is 0 Å². The summed E-state index contributed by atoms with van der Waals surface area (Å²) >= 11 is 0. The van der Waals surface area contributed by atoms with Crippen molar-refractivity contribution in [2.24, 2.45) is 0 Å². The number of hydrogen-bond donors (Lipinski definition) is 1. The SMILES string of the molecule is CC1([B-](F)(F)F)CCNC1. The van der Waals surface area contributed by atoms with Gasteiger partial charge in [-0.15, -0.1) is 0 Å². The molecule has 0 radical (unpaired) electrons. The first-order chi connectivity index (χ1) is 4.46. The van der Waals surface area contributed by atoms with Gasteiger partial charge < -0.3 is 18.3 Å². The molecule has 1 fully saturated rings. The van der Waals surface area contributed by atoms with E-state index in [4.69, 9.17) is 0 Å². The summed E-state index contributed by atoms with van der Waals surface area (Å²) in [6, 6.07) is 0. The van der Waals surface area contributed by atoms with Gasteiger partial charge in [0.2, 0.25) is 0 Å². The van der Waals surface area contributed by atoms with E-state index in [1.54, 1.807) is 0 Å². The third-order valence-electron chi connectivity index (χ3n) is 2.19. The molecule has 1 unspecified atom stereocenters. The molecule has 0 aromatic rings. The molecule has 1 rings (SSSR count). The first-order valence-electron chi connectivity index (χ1n) is 3.36. The topological polar surface area (TPSA) is 12.0 Å². The van der Waals surface area contributed by atoms with Gasteiger partial charge in [-0.25, -0.2) is 0 Å². The first kappa shape index (κ1) is 7.92. The van der Waals surface area contributed by atoms with Crippen molar-refractivity contribution in [3.8, 4) is 0 Å². The highest BCUT2D eigenvalue weighted by Gasteiger charge is 2.47. The van der Waals surface area contributed by atoms with Crippen LogP contribution in [0, 0.1) is 0 Å². The molecule has 5 heteroatoms. The number of nitrogens with one attached hydrogen (secondary N) is 1. The van der Waals surface area contributed by atoms with E-state index in [0.717, 1.165) is 0 Å². The highest BCUT2D eigenvalue weighted by atomic mass is 19.4. The fourth-order valence-electron chi connectivity index (χ4n) is 1.12. The molecule has 1 heterocycles. The summed E-state index contributed by atoms with van der Waals surface area (Å²) in [5.74, 6) is 0. The lowest BCUT2D eigenvalue weighted by Crippen LogP contribution is -2.35. The fraction of sp³-hybridized carbons (Fsp3) is 1.00. The molecule has 0 spiro atoms. The highest BCUT2D eigenvalue weighted by Crippen LogP contribution is 2.45. The molecular weight excluding hydrogens is 142 g/mol. The zero-order valence-electron chi connectivity index (χ0n) is 5.83. The van der Waals surface area contributed by atoms with Crippen LogP contribution in [-0.4, -0.2) is 20.1 Å². The molecule has 0 saturated carbocycles. The second-order valence-electron chi connectivity index (χ2n) is 3.16. The van der Waals surface area contributed by atoms with Gasteiger partial charge in [-0.3, -0.25) is 0 Å². The minimum absolute atomic E-state index is 0.0938. The zero-order valence-corrected chi connectivity index (χ0v) is 5.83. The minimum Gasteiger partial charge on any atom is -0.449 e. The summed E-state index contributed by atoms with van der Waals surface area (Å²) in [6.07, 6.45) is 0.233. The molecule has 10 heavy (non-hydrogen) atoms. The normalized spacial score (nSPS) is 34.8. The lowest BCUT2D eigenvalue weighted by Gasteiger charge is -2.33. The highest BCUT2D eigenvalue weighted by molar-refractivity contribution is 6.62. The molecule has 60 valence electrons. The molecule has 1 atom stereocenters. The van der Waals surface area contributed by atoms with Gasteiger partial charge in [0.25, 0.3) is 0 Å². The molecule has 0 aromatic carbocycles. The van der Waals surface area contributed by atoms with Crippen molar-refractivity contribution in [1.29, 1.82) is 0 Å². The molecule has 1 nitrogen and oxygen atoms in total. The lowest BCUT2D eigenvalue weighted by atomic mass is 9.58. The van der Waals surface area contributed by atoms with Crippen molar-refractivity contribution >= 4 is 6.98 Å². The maximum absolute atomic E-state index is 12.2. The molecule has 0 amide bonds. The van der Waals surface area contributed by atoms with E-state index in [9.17, 15) is 12.9 Å². The van der Waals surface area contributed by atoms with Crippen LogP contribution in [0.5, 0.6) is 0 Å². The Morgan fingerprint density at radius 2 is 2.00 bits per heavy atom. The number of rotatable bonds is 1. The maximum atomic E-state index is 12.2. The van der Waals surface area contributed by atoms with E-state index in [0.29, 0.717) is 6.54 Å². The monoisotopic (exact) mass is 152 g/mol. The smallest absolute Gasteiger partial charge is 0.449 e. The summed E-state index contributed by atoms with van der Waals surface area (Å²) in [5.41, 5.74) is 0. The minimum atomic E-state index is -4.66. The van der Waals surface area contributed by atoms with Gasteiger partial charge in [0, 0.05) is 0 Å². The van der Waals surface area contributed by atoms with Gasteiger partial charge in [0.15, 0.2) is 0 Å². The van der Waals surface area contributed by atoms with Crippen molar-refractivity contribution in [2.45, 2.75) is 18.7 Å². The van der Waals surface area contributed by atoms with Gasteiger partial charge in [-0.1, -0.05) is 18.7 Å². The van der Waals surface area contributed by atoms with Crippen LogP contribution < -0.4 is 5.32 Å². The molecular formula is C5H10BF3N-. The first-order valence-corrected chi connectivity index (χ1v) is 3.36. The van der Waals surface area contributed by atoms with Crippen LogP contribution >= 0.6 is 0 Å². The Bertz CT molecular complexity index is 127. The molecule has 0 aliphatic carbocycles. The Morgan fingerprint density at radius 1 is 1.40 bits per heavy atom. The van der Waals surface area contributed by atoms with Crippen LogP contribution in [0.25, 0.3) is 0 Å². The Morgan fingerprint density at radius 3 is 2.20 bits per heavy atom. The predicted octanol–water partition coefficient (Wildman–Crippen LogP) is 1.59. The summed E-state index contributed by atoms with van der Waals surface area (Å²) < 4.78 is 36.5. The fourth-order valence-corrected chi connectivity index (χ4v) is 1.12. The molecule has 1 N–H and O–H groups in total. The zero-order chi connectivity index (χ0) is 7.83. The molecule has 1 aliphatic rings. The van der Waals surface area contributed by atoms with Crippen LogP contribution in [0.4, 0.5) is 12.9 Å². The number of halogens is 3. The van der Waals surface area contributed by atoms with E-state index in [1.165, 1.54) is 6.92 Å². The second kappa shape index (κ2) is 2.15. The average molecular weight is 152 g/mol. The van der Waals surface area contributed by atoms with Crippen LogP contribution in [-0.2, 0) is 0 Å². The van der Waals surface area contributed by atoms with Gasteiger partial charge in [0.1, 0.15) is 0 Å². The second-order valence-corrected chi connectivity index (χ2v) is 3.16. The standard InChI is InChI=1S/C5H10BF3N/c1-5(6(7,8)9)2-3-10-4-5/h10H,2-4H2,1H3/q-1. The van der Waals surface area contributed by atoms with E-state index in [1.807, 2.05) is 0 Å². The van der Waals surface area contributed by atoms with Crippen molar-refractivity contribution < 1.29 is 12.9 Å². The maximum Gasteiger partial charge on any atom is 0.485 e. The van der Waals surface area contributed by atoms with Crippen molar-refractivity contribution in [1.82, 2.24) is 5.32 Å². The van der Waals surface area contributed by atoms with Crippen molar-refractivity contribution in [3.63, 3.8) is 0 Å². The Labute approximate surface area is 58.0 Å². The lowest BCUT2D eigenvalue weighted by molar-refractivity contribution is 0.381. The Kier molecular flexibility index (Phi) is 1.70. The van der Waals surface area contributed by atoms with Crippen LogP contribution in [0.15, 0.2) is 0 Å². The molecule has 1 saturated heterocycles. The summed E-state index contributed by atoms with van der Waals surface area (Å²) in [6.45, 7) is -2.78. The van der Waals surface area contributed by atoms with Crippen molar-refractivity contribution in [2.75, 3.05) is 13.1 Å². The van der Waals surface area contributed by atoms with Crippen LogP contribution in [0.3, 0.4) is 0 Å². The quantitative estimate of drug-likeness (QED) is 0.562.